The average Bonchev–Trinajstić information content (AvgIpc) is 2.83. The Morgan fingerprint density at radius 3 is 2.23 bits per heavy atom. The van der Waals surface area contributed by atoms with Crippen LogP contribution in [-0.4, -0.2) is 0 Å². The van der Waals surface area contributed by atoms with Crippen molar-refractivity contribution in [1.82, 2.24) is 0 Å². The molecule has 72 valence electrons. The van der Waals surface area contributed by atoms with Crippen molar-refractivity contribution >= 4 is 0 Å². The zero-order valence-electron chi connectivity index (χ0n) is 8.96. The van der Waals surface area contributed by atoms with Crippen molar-refractivity contribution in [3.8, 4) is 0 Å². The molecule has 0 aromatic heterocycles. The molecule has 0 nitrogen and oxygen atoms in total. The summed E-state index contributed by atoms with van der Waals surface area (Å²) in [6.07, 6.45) is 3.20. The smallest absolute Gasteiger partial charge is 0.0255 e. The summed E-state index contributed by atoms with van der Waals surface area (Å²) in [7, 11) is 0. The summed E-state index contributed by atoms with van der Waals surface area (Å²) in [6.45, 7) is 7.41. The molecule has 0 aromatic rings. The van der Waals surface area contributed by atoms with Crippen molar-refractivity contribution < 1.29 is 0 Å². The van der Waals surface area contributed by atoms with Crippen molar-refractivity contribution in [2.75, 3.05) is 0 Å². The molecule has 0 saturated heterocycles. The molecular formula is C13H20. The minimum Gasteiger partial charge on any atom is -0.0625 e. The van der Waals surface area contributed by atoms with Crippen molar-refractivity contribution in [2.24, 2.45) is 46.8 Å². The van der Waals surface area contributed by atoms with Crippen molar-refractivity contribution in [2.45, 2.75) is 33.6 Å². The second kappa shape index (κ2) is 1.73. The van der Waals surface area contributed by atoms with E-state index >= 15 is 0 Å². The largest absolute Gasteiger partial charge is 0.0625 e. The van der Waals surface area contributed by atoms with Gasteiger partial charge in [0, 0.05) is 0 Å². The molecule has 0 bridgehead atoms. The SMILES string of the molecule is CC(C)C1C2C(C3C4CC43)CC12C. The van der Waals surface area contributed by atoms with Crippen LogP contribution in [0, 0.1) is 46.8 Å². The first kappa shape index (κ1) is 7.31. The maximum absolute atomic E-state index is 2.55. The van der Waals surface area contributed by atoms with Crippen LogP contribution >= 0.6 is 0 Å². The van der Waals surface area contributed by atoms with Gasteiger partial charge in [0.2, 0.25) is 0 Å². The fourth-order valence-electron chi connectivity index (χ4n) is 5.15. The first-order valence-electron chi connectivity index (χ1n) is 6.14. The molecule has 4 saturated carbocycles. The summed E-state index contributed by atoms with van der Waals surface area (Å²) < 4.78 is 0. The Balaban J connectivity index is 1.51. The van der Waals surface area contributed by atoms with Gasteiger partial charge in [0.1, 0.15) is 0 Å². The summed E-state index contributed by atoms with van der Waals surface area (Å²) >= 11 is 0. The molecule has 13 heavy (non-hydrogen) atoms. The summed E-state index contributed by atoms with van der Waals surface area (Å²) in [5.41, 5.74) is 0.827. The third-order valence-corrected chi connectivity index (χ3v) is 5.89. The Morgan fingerprint density at radius 2 is 1.85 bits per heavy atom. The second-order valence-corrected chi connectivity index (χ2v) is 6.81. The lowest BCUT2D eigenvalue weighted by Gasteiger charge is -2.34. The zero-order chi connectivity index (χ0) is 8.96. The van der Waals surface area contributed by atoms with E-state index in [2.05, 4.69) is 20.8 Å². The van der Waals surface area contributed by atoms with Crippen LogP contribution in [0.4, 0.5) is 0 Å². The van der Waals surface area contributed by atoms with Gasteiger partial charge < -0.3 is 0 Å². The van der Waals surface area contributed by atoms with Crippen molar-refractivity contribution in [1.29, 1.82) is 0 Å². The molecule has 0 heterocycles. The van der Waals surface area contributed by atoms with Gasteiger partial charge in [-0.1, -0.05) is 20.8 Å². The van der Waals surface area contributed by atoms with E-state index in [0.717, 1.165) is 17.3 Å². The van der Waals surface area contributed by atoms with E-state index in [-0.39, 0.29) is 0 Å². The van der Waals surface area contributed by atoms with Crippen molar-refractivity contribution in [3.05, 3.63) is 0 Å². The molecule has 0 radical (unpaired) electrons. The summed E-state index contributed by atoms with van der Waals surface area (Å²) in [6, 6.07) is 0. The molecule has 4 aliphatic carbocycles. The fraction of sp³-hybridized carbons (Fsp3) is 1.00. The summed E-state index contributed by atoms with van der Waals surface area (Å²) in [5, 5.41) is 0. The standard InChI is InChI=1S/C13H20/c1-6(2)11-12-9(5-13(11,12)3)10-7-4-8(7)10/h6-12H,4-5H2,1-3H3. The lowest BCUT2D eigenvalue weighted by Crippen LogP contribution is -2.27. The third kappa shape index (κ3) is 0.649. The minimum absolute atomic E-state index is 0.827. The number of fused-ring (bicyclic) bond motifs is 2. The molecule has 0 N–H and O–H groups in total. The van der Waals surface area contributed by atoms with Gasteiger partial charge in [-0.2, -0.15) is 0 Å². The molecule has 0 aromatic carbocycles. The predicted octanol–water partition coefficient (Wildman–Crippen LogP) is 3.18. The third-order valence-electron chi connectivity index (χ3n) is 5.89. The minimum atomic E-state index is 0.827. The Bertz CT molecular complexity index is 272. The van der Waals surface area contributed by atoms with Crippen LogP contribution in [-0.2, 0) is 0 Å². The van der Waals surface area contributed by atoms with Gasteiger partial charge in [0.15, 0.2) is 0 Å². The molecule has 0 heteroatoms. The first-order chi connectivity index (χ1) is 6.14. The molecular weight excluding hydrogens is 156 g/mol. The highest BCUT2D eigenvalue weighted by Crippen LogP contribution is 2.85. The molecule has 0 aliphatic heterocycles. The Hall–Kier alpha value is 0. The average molecular weight is 176 g/mol. The predicted molar refractivity (Wildman–Crippen MR) is 53.1 cm³/mol. The molecule has 4 aliphatic rings. The van der Waals surface area contributed by atoms with Gasteiger partial charge in [0.25, 0.3) is 0 Å². The normalized spacial score (nSPS) is 71.1. The van der Waals surface area contributed by atoms with Gasteiger partial charge >= 0.3 is 0 Å². The van der Waals surface area contributed by atoms with Gasteiger partial charge in [-0.15, -0.1) is 0 Å². The van der Waals surface area contributed by atoms with Crippen LogP contribution in [0.15, 0.2) is 0 Å². The molecule has 4 rings (SSSR count). The lowest BCUT2D eigenvalue weighted by atomic mass is 9.71. The second-order valence-electron chi connectivity index (χ2n) is 6.81. The highest BCUT2D eigenvalue weighted by atomic mass is 14.8. The van der Waals surface area contributed by atoms with Crippen LogP contribution in [0.5, 0.6) is 0 Å². The van der Waals surface area contributed by atoms with Gasteiger partial charge in [-0.3, -0.25) is 0 Å². The number of rotatable bonds is 2. The van der Waals surface area contributed by atoms with Gasteiger partial charge in [-0.25, -0.2) is 0 Å². The van der Waals surface area contributed by atoms with Crippen LogP contribution in [0.25, 0.3) is 0 Å². The first-order valence-corrected chi connectivity index (χ1v) is 6.14. The topological polar surface area (TPSA) is 0 Å². The fourth-order valence-corrected chi connectivity index (χ4v) is 5.15. The van der Waals surface area contributed by atoms with Crippen LogP contribution in [0.1, 0.15) is 33.6 Å². The van der Waals surface area contributed by atoms with Crippen LogP contribution in [0.2, 0.25) is 0 Å². The van der Waals surface area contributed by atoms with E-state index in [1.54, 1.807) is 12.8 Å². The van der Waals surface area contributed by atoms with Crippen molar-refractivity contribution in [3.63, 3.8) is 0 Å². The van der Waals surface area contributed by atoms with E-state index in [9.17, 15) is 0 Å². The monoisotopic (exact) mass is 176 g/mol. The maximum atomic E-state index is 2.55. The number of hydrogen-bond acceptors (Lipinski definition) is 0. The highest BCUT2D eigenvalue weighted by molar-refractivity contribution is 5.27. The Kier molecular flexibility index (Phi) is 0.971. The van der Waals surface area contributed by atoms with Crippen LogP contribution < -0.4 is 0 Å². The molecule has 4 fully saturated rings. The summed E-state index contributed by atoms with van der Waals surface area (Å²) in [4.78, 5) is 0. The Labute approximate surface area is 81.1 Å². The van der Waals surface area contributed by atoms with E-state index in [1.165, 1.54) is 29.6 Å². The highest BCUT2D eigenvalue weighted by Gasteiger charge is 2.80. The number of hydrogen-bond donors (Lipinski definition) is 0. The van der Waals surface area contributed by atoms with E-state index in [1.807, 2.05) is 0 Å². The lowest BCUT2D eigenvalue weighted by molar-refractivity contribution is 0.147. The molecule has 0 amide bonds. The van der Waals surface area contributed by atoms with Gasteiger partial charge in [-0.05, 0) is 59.7 Å². The van der Waals surface area contributed by atoms with E-state index in [0.29, 0.717) is 0 Å². The maximum Gasteiger partial charge on any atom is -0.0255 e. The summed E-state index contributed by atoms with van der Waals surface area (Å²) in [5.74, 6) is 8.15. The molecule has 6 unspecified atom stereocenters. The zero-order valence-corrected chi connectivity index (χ0v) is 8.96. The van der Waals surface area contributed by atoms with E-state index in [4.69, 9.17) is 0 Å². The quantitative estimate of drug-likeness (QED) is 0.606. The van der Waals surface area contributed by atoms with Crippen LogP contribution in [0.3, 0.4) is 0 Å². The van der Waals surface area contributed by atoms with Gasteiger partial charge in [0.05, 0.1) is 0 Å². The van der Waals surface area contributed by atoms with E-state index < -0.39 is 0 Å². The molecule has 0 spiro atoms. The molecule has 6 atom stereocenters. The Morgan fingerprint density at radius 1 is 1.15 bits per heavy atom.